The van der Waals surface area contributed by atoms with Gasteiger partial charge in [0.15, 0.2) is 0 Å². The molecule has 0 unspecified atom stereocenters. The van der Waals surface area contributed by atoms with Crippen LogP contribution in [0.3, 0.4) is 0 Å². The molecule has 1 aromatic carbocycles. The standard InChI is InChI=1S/C18H26ClN3O2/c1-2-8-20-17(23)13-22-9-6-14(7-10-22)12-21-18(24)15-4-3-5-16(19)11-15/h3-5,11,14H,2,6-10,12-13H2,1H3,(H,20,23)(H,21,24). The minimum absolute atomic E-state index is 0.0844. The Bertz CT molecular complexity index is 557. The van der Waals surface area contributed by atoms with E-state index in [9.17, 15) is 9.59 Å². The third kappa shape index (κ3) is 6.13. The number of halogens is 1. The molecule has 0 radical (unpaired) electrons. The Morgan fingerprint density at radius 3 is 2.67 bits per heavy atom. The van der Waals surface area contributed by atoms with Crippen LogP contribution < -0.4 is 10.6 Å². The molecule has 1 saturated heterocycles. The van der Waals surface area contributed by atoms with Crippen LogP contribution in [0.15, 0.2) is 24.3 Å². The average Bonchev–Trinajstić information content (AvgIpc) is 2.59. The van der Waals surface area contributed by atoms with Gasteiger partial charge < -0.3 is 10.6 Å². The Morgan fingerprint density at radius 1 is 1.25 bits per heavy atom. The fourth-order valence-corrected chi connectivity index (χ4v) is 3.03. The molecule has 5 nitrogen and oxygen atoms in total. The summed E-state index contributed by atoms with van der Waals surface area (Å²) >= 11 is 5.91. The predicted octanol–water partition coefficient (Wildman–Crippen LogP) is 2.31. The number of carbonyl (C=O) groups is 2. The maximum atomic E-state index is 12.1. The van der Waals surface area contributed by atoms with Crippen LogP contribution in [0.2, 0.25) is 5.02 Å². The molecule has 2 rings (SSSR count). The highest BCUT2D eigenvalue weighted by Crippen LogP contribution is 2.16. The Labute approximate surface area is 148 Å². The van der Waals surface area contributed by atoms with Gasteiger partial charge in [0.1, 0.15) is 0 Å². The van der Waals surface area contributed by atoms with Crippen LogP contribution in [-0.4, -0.2) is 49.4 Å². The zero-order valence-electron chi connectivity index (χ0n) is 14.2. The Morgan fingerprint density at radius 2 is 2.00 bits per heavy atom. The maximum Gasteiger partial charge on any atom is 0.251 e. The molecule has 1 fully saturated rings. The molecule has 132 valence electrons. The third-order valence-corrected chi connectivity index (χ3v) is 4.52. The molecule has 0 saturated carbocycles. The molecule has 0 aliphatic carbocycles. The minimum Gasteiger partial charge on any atom is -0.355 e. The second-order valence-corrected chi connectivity index (χ2v) is 6.73. The second-order valence-electron chi connectivity index (χ2n) is 6.29. The molecule has 24 heavy (non-hydrogen) atoms. The fraction of sp³-hybridized carbons (Fsp3) is 0.556. The number of hydrogen-bond donors (Lipinski definition) is 2. The highest BCUT2D eigenvalue weighted by Gasteiger charge is 2.21. The van der Waals surface area contributed by atoms with Crippen LogP contribution in [0, 0.1) is 5.92 Å². The monoisotopic (exact) mass is 351 g/mol. The number of benzene rings is 1. The molecule has 1 heterocycles. The lowest BCUT2D eigenvalue weighted by Crippen LogP contribution is -2.43. The van der Waals surface area contributed by atoms with Gasteiger partial charge in [0.25, 0.3) is 5.91 Å². The molecule has 0 aromatic heterocycles. The van der Waals surface area contributed by atoms with Crippen molar-refractivity contribution in [3.63, 3.8) is 0 Å². The first kappa shape index (κ1) is 18.7. The number of piperidine rings is 1. The molecule has 2 amide bonds. The van der Waals surface area contributed by atoms with Crippen molar-refractivity contribution in [3.05, 3.63) is 34.9 Å². The summed E-state index contributed by atoms with van der Waals surface area (Å²) in [7, 11) is 0. The summed E-state index contributed by atoms with van der Waals surface area (Å²) in [4.78, 5) is 26.0. The molecular formula is C18H26ClN3O2. The van der Waals surface area contributed by atoms with Gasteiger partial charge in [-0.15, -0.1) is 0 Å². The van der Waals surface area contributed by atoms with Gasteiger partial charge in [-0.3, -0.25) is 14.5 Å². The smallest absolute Gasteiger partial charge is 0.251 e. The fourth-order valence-electron chi connectivity index (χ4n) is 2.84. The van der Waals surface area contributed by atoms with Crippen molar-refractivity contribution in [3.8, 4) is 0 Å². The lowest BCUT2D eigenvalue weighted by atomic mass is 9.96. The number of nitrogens with zero attached hydrogens (tertiary/aromatic N) is 1. The summed E-state index contributed by atoms with van der Waals surface area (Å²) in [6, 6.07) is 6.97. The van der Waals surface area contributed by atoms with Gasteiger partial charge in [0.2, 0.25) is 5.91 Å². The van der Waals surface area contributed by atoms with Gasteiger partial charge >= 0.3 is 0 Å². The van der Waals surface area contributed by atoms with Crippen molar-refractivity contribution in [1.29, 1.82) is 0 Å². The molecule has 1 aromatic rings. The van der Waals surface area contributed by atoms with E-state index in [0.29, 0.717) is 29.6 Å². The van der Waals surface area contributed by atoms with Gasteiger partial charge in [0, 0.05) is 23.7 Å². The molecule has 6 heteroatoms. The first-order valence-corrected chi connectivity index (χ1v) is 8.99. The van der Waals surface area contributed by atoms with Crippen molar-refractivity contribution in [2.75, 3.05) is 32.7 Å². The molecule has 1 aliphatic heterocycles. The molecule has 2 N–H and O–H groups in total. The summed E-state index contributed by atoms with van der Waals surface area (Å²) in [6.07, 6.45) is 2.95. The van der Waals surface area contributed by atoms with E-state index in [-0.39, 0.29) is 11.8 Å². The first-order chi connectivity index (χ1) is 11.6. The quantitative estimate of drug-likeness (QED) is 0.792. The Balaban J connectivity index is 1.68. The van der Waals surface area contributed by atoms with Crippen molar-refractivity contribution < 1.29 is 9.59 Å². The number of likely N-dealkylation sites (tertiary alicyclic amines) is 1. The van der Waals surface area contributed by atoms with E-state index in [2.05, 4.69) is 15.5 Å². The molecule has 0 spiro atoms. The largest absolute Gasteiger partial charge is 0.355 e. The van der Waals surface area contributed by atoms with E-state index in [1.54, 1.807) is 24.3 Å². The van der Waals surface area contributed by atoms with Crippen LogP contribution in [-0.2, 0) is 4.79 Å². The number of rotatable bonds is 7. The number of hydrogen-bond acceptors (Lipinski definition) is 3. The highest BCUT2D eigenvalue weighted by molar-refractivity contribution is 6.30. The van der Waals surface area contributed by atoms with E-state index in [4.69, 9.17) is 11.6 Å². The summed E-state index contributed by atoms with van der Waals surface area (Å²) in [5, 5.41) is 6.46. The van der Waals surface area contributed by atoms with Gasteiger partial charge in [0.05, 0.1) is 6.54 Å². The van der Waals surface area contributed by atoms with Crippen molar-refractivity contribution >= 4 is 23.4 Å². The average molecular weight is 352 g/mol. The van der Waals surface area contributed by atoms with Crippen molar-refractivity contribution in [1.82, 2.24) is 15.5 Å². The Kier molecular flexibility index (Phi) is 7.53. The van der Waals surface area contributed by atoms with E-state index < -0.39 is 0 Å². The second kappa shape index (κ2) is 9.64. The molecular weight excluding hydrogens is 326 g/mol. The number of carbonyl (C=O) groups excluding carboxylic acids is 2. The van der Waals surface area contributed by atoms with Crippen LogP contribution >= 0.6 is 11.6 Å². The van der Waals surface area contributed by atoms with E-state index in [1.807, 2.05) is 6.92 Å². The predicted molar refractivity (Wildman–Crippen MR) is 96.2 cm³/mol. The van der Waals surface area contributed by atoms with Crippen LogP contribution in [0.5, 0.6) is 0 Å². The summed E-state index contributed by atoms with van der Waals surface area (Å²) in [5.41, 5.74) is 0.590. The zero-order chi connectivity index (χ0) is 17.4. The molecule has 1 aliphatic rings. The van der Waals surface area contributed by atoms with Crippen LogP contribution in [0.25, 0.3) is 0 Å². The molecule has 0 bridgehead atoms. The van der Waals surface area contributed by atoms with E-state index >= 15 is 0 Å². The van der Waals surface area contributed by atoms with Gasteiger partial charge in [-0.2, -0.15) is 0 Å². The first-order valence-electron chi connectivity index (χ1n) is 8.61. The van der Waals surface area contributed by atoms with Crippen LogP contribution in [0.1, 0.15) is 36.5 Å². The van der Waals surface area contributed by atoms with Gasteiger partial charge in [-0.05, 0) is 56.5 Å². The van der Waals surface area contributed by atoms with Crippen LogP contribution in [0.4, 0.5) is 0 Å². The summed E-state index contributed by atoms with van der Waals surface area (Å²) < 4.78 is 0. The third-order valence-electron chi connectivity index (χ3n) is 4.28. The lowest BCUT2D eigenvalue weighted by Gasteiger charge is -2.31. The summed E-state index contributed by atoms with van der Waals surface area (Å²) in [6.45, 7) is 5.73. The summed E-state index contributed by atoms with van der Waals surface area (Å²) in [5.74, 6) is 0.478. The van der Waals surface area contributed by atoms with Gasteiger partial charge in [-0.1, -0.05) is 24.6 Å². The molecule has 0 atom stereocenters. The van der Waals surface area contributed by atoms with Gasteiger partial charge in [-0.25, -0.2) is 0 Å². The van der Waals surface area contributed by atoms with Crippen molar-refractivity contribution in [2.45, 2.75) is 26.2 Å². The SMILES string of the molecule is CCCNC(=O)CN1CCC(CNC(=O)c2cccc(Cl)c2)CC1. The minimum atomic E-state index is -0.0844. The normalized spacial score (nSPS) is 15.9. The van der Waals surface area contributed by atoms with Crippen molar-refractivity contribution in [2.24, 2.45) is 5.92 Å². The highest BCUT2D eigenvalue weighted by atomic mass is 35.5. The zero-order valence-corrected chi connectivity index (χ0v) is 14.9. The lowest BCUT2D eigenvalue weighted by molar-refractivity contribution is -0.122. The maximum absolute atomic E-state index is 12.1. The van der Waals surface area contributed by atoms with E-state index in [1.165, 1.54) is 0 Å². The van der Waals surface area contributed by atoms with E-state index in [0.717, 1.165) is 38.9 Å². The topological polar surface area (TPSA) is 61.4 Å². The Hall–Kier alpha value is -1.59. The number of nitrogens with one attached hydrogen (secondary N) is 2. The number of amides is 2.